The van der Waals surface area contributed by atoms with Gasteiger partial charge < -0.3 is 4.72 Å². The fourth-order valence-corrected chi connectivity index (χ4v) is 3.78. The number of nitrogens with zero attached hydrogens (tertiary/aromatic N) is 6. The molecule has 0 aliphatic rings. The van der Waals surface area contributed by atoms with Crippen molar-refractivity contribution in [1.82, 2.24) is 19.6 Å². The van der Waals surface area contributed by atoms with Crippen LogP contribution in [0.25, 0.3) is 16.6 Å². The molecule has 0 aliphatic heterocycles. The van der Waals surface area contributed by atoms with Crippen LogP contribution in [0.15, 0.2) is 55.1 Å². The first-order valence-electron chi connectivity index (χ1n) is 9.25. The molecular formula is C21H16ClN7O2S. The maximum atomic E-state index is 13.1. The van der Waals surface area contributed by atoms with E-state index in [2.05, 4.69) is 19.8 Å². The Morgan fingerprint density at radius 3 is 2.72 bits per heavy atom. The predicted molar refractivity (Wildman–Crippen MR) is 123 cm³/mol. The van der Waals surface area contributed by atoms with Crippen molar-refractivity contribution in [3.05, 3.63) is 71.4 Å². The summed E-state index contributed by atoms with van der Waals surface area (Å²) < 4.78 is 15.9. The van der Waals surface area contributed by atoms with E-state index in [0.717, 1.165) is 5.56 Å². The zero-order valence-corrected chi connectivity index (χ0v) is 18.6. The average Bonchev–Trinajstić information content (AvgIpc) is 3.22. The highest BCUT2D eigenvalue weighted by Gasteiger charge is 2.17. The number of nitrogens with one attached hydrogen (secondary N) is 1. The predicted octanol–water partition coefficient (Wildman–Crippen LogP) is 3.30. The van der Waals surface area contributed by atoms with Crippen molar-refractivity contribution < 1.29 is 9.00 Å². The Hall–Kier alpha value is -3.81. The quantitative estimate of drug-likeness (QED) is 0.452. The molecule has 1 unspecified atom stereocenters. The summed E-state index contributed by atoms with van der Waals surface area (Å²) in [6.45, 7) is 0. The number of amides is 1. The van der Waals surface area contributed by atoms with E-state index in [1.165, 1.54) is 17.4 Å². The summed E-state index contributed by atoms with van der Waals surface area (Å²) in [7, 11) is 0.301. The highest BCUT2D eigenvalue weighted by Crippen LogP contribution is 2.30. The molecule has 160 valence electrons. The summed E-state index contributed by atoms with van der Waals surface area (Å²) >= 11 is 6.10. The van der Waals surface area contributed by atoms with Gasteiger partial charge in [0.05, 0.1) is 23.0 Å². The number of anilines is 2. The summed E-state index contributed by atoms with van der Waals surface area (Å²) in [6.07, 6.45) is 7.85. The fraction of sp³-hybridized carbons (Fsp3) is 0.0952. The lowest BCUT2D eigenvalue weighted by Crippen LogP contribution is -2.27. The standard InChI is InChI=1S/C21H16ClN7O2S/c1-28(19-4-3-13(9-23)10-24-19)21(30)14-5-6-29-18(8-14)16(12-26-29)15-7-17(27-32(2)31)20(22)25-11-15/h3-8,10-12,27H,1-2H3. The minimum absolute atomic E-state index is 0.202. The Kier molecular flexibility index (Phi) is 5.85. The molecule has 0 saturated carbocycles. The van der Waals surface area contributed by atoms with Gasteiger partial charge in [0.25, 0.3) is 5.91 Å². The van der Waals surface area contributed by atoms with Crippen molar-refractivity contribution >= 4 is 45.5 Å². The van der Waals surface area contributed by atoms with Crippen LogP contribution in [-0.4, -0.2) is 43.0 Å². The average molecular weight is 466 g/mol. The van der Waals surface area contributed by atoms with Crippen LogP contribution in [-0.2, 0) is 11.0 Å². The molecule has 0 spiro atoms. The van der Waals surface area contributed by atoms with Gasteiger partial charge in [-0.2, -0.15) is 10.4 Å². The zero-order chi connectivity index (χ0) is 22.8. The molecule has 0 fully saturated rings. The zero-order valence-electron chi connectivity index (χ0n) is 17.0. The number of pyridine rings is 3. The van der Waals surface area contributed by atoms with E-state index in [1.54, 1.807) is 60.5 Å². The second-order valence-electron chi connectivity index (χ2n) is 6.80. The first-order chi connectivity index (χ1) is 15.4. The van der Waals surface area contributed by atoms with Crippen molar-refractivity contribution in [2.24, 2.45) is 0 Å². The van der Waals surface area contributed by atoms with Crippen LogP contribution in [0.5, 0.6) is 0 Å². The van der Waals surface area contributed by atoms with Crippen LogP contribution in [0.1, 0.15) is 15.9 Å². The van der Waals surface area contributed by atoms with E-state index in [9.17, 15) is 9.00 Å². The second-order valence-corrected chi connectivity index (χ2v) is 8.27. The van der Waals surface area contributed by atoms with E-state index in [1.807, 2.05) is 6.07 Å². The molecular weight excluding hydrogens is 450 g/mol. The van der Waals surface area contributed by atoms with E-state index in [0.29, 0.717) is 33.7 Å². The molecule has 0 bridgehead atoms. The Morgan fingerprint density at radius 2 is 2.03 bits per heavy atom. The number of aromatic nitrogens is 4. The van der Waals surface area contributed by atoms with E-state index in [-0.39, 0.29) is 11.1 Å². The van der Waals surface area contributed by atoms with Gasteiger partial charge in [-0.1, -0.05) is 11.6 Å². The smallest absolute Gasteiger partial charge is 0.259 e. The van der Waals surface area contributed by atoms with Gasteiger partial charge in [-0.05, 0) is 30.3 Å². The molecule has 1 amide bonds. The van der Waals surface area contributed by atoms with Crippen molar-refractivity contribution in [3.63, 3.8) is 0 Å². The molecule has 32 heavy (non-hydrogen) atoms. The lowest BCUT2D eigenvalue weighted by atomic mass is 10.1. The van der Waals surface area contributed by atoms with E-state index in [4.69, 9.17) is 16.9 Å². The maximum Gasteiger partial charge on any atom is 0.259 e. The molecule has 0 saturated heterocycles. The minimum atomic E-state index is -1.31. The summed E-state index contributed by atoms with van der Waals surface area (Å²) in [5.74, 6) is 0.155. The number of carbonyl (C=O) groups excluding carboxylic acids is 1. The van der Waals surface area contributed by atoms with Crippen molar-refractivity contribution in [2.75, 3.05) is 22.9 Å². The highest BCUT2D eigenvalue weighted by atomic mass is 35.5. The third kappa shape index (κ3) is 4.16. The number of carbonyl (C=O) groups is 1. The van der Waals surface area contributed by atoms with Gasteiger partial charge >= 0.3 is 0 Å². The number of hydrogen-bond acceptors (Lipinski definition) is 6. The van der Waals surface area contributed by atoms with Crippen molar-refractivity contribution in [1.29, 1.82) is 5.26 Å². The third-order valence-corrected chi connectivity index (χ3v) is 5.51. The minimum Gasteiger partial charge on any atom is -0.302 e. The summed E-state index contributed by atoms with van der Waals surface area (Å²) in [4.78, 5) is 22.8. The van der Waals surface area contributed by atoms with Gasteiger partial charge in [-0.3, -0.25) is 9.69 Å². The lowest BCUT2D eigenvalue weighted by molar-refractivity contribution is 0.0992. The highest BCUT2D eigenvalue weighted by molar-refractivity contribution is 7.85. The molecule has 4 aromatic rings. The Labute approximate surface area is 190 Å². The largest absolute Gasteiger partial charge is 0.302 e. The Balaban J connectivity index is 1.71. The normalized spacial score (nSPS) is 11.7. The molecule has 1 atom stereocenters. The molecule has 0 aliphatic carbocycles. The second kappa shape index (κ2) is 8.74. The fourth-order valence-electron chi connectivity index (χ4n) is 3.11. The number of fused-ring (bicyclic) bond motifs is 1. The monoisotopic (exact) mass is 465 g/mol. The molecule has 1 N–H and O–H groups in total. The SMILES string of the molecule is CN(C(=O)c1ccn2ncc(-c3cnc(Cl)c(NS(C)=O)c3)c2c1)c1ccc(C#N)cn1. The molecule has 4 heterocycles. The van der Waals surface area contributed by atoms with Crippen LogP contribution >= 0.6 is 11.6 Å². The molecule has 9 nitrogen and oxygen atoms in total. The number of hydrogen-bond donors (Lipinski definition) is 1. The van der Waals surface area contributed by atoms with Gasteiger partial charge in [-0.25, -0.2) is 18.7 Å². The molecule has 0 radical (unpaired) electrons. The van der Waals surface area contributed by atoms with Crippen LogP contribution in [0.4, 0.5) is 11.5 Å². The first-order valence-corrected chi connectivity index (χ1v) is 11.2. The summed E-state index contributed by atoms with van der Waals surface area (Å²) in [6, 6.07) is 10.3. The number of rotatable bonds is 5. The third-order valence-electron chi connectivity index (χ3n) is 4.70. The van der Waals surface area contributed by atoms with Crippen LogP contribution in [0, 0.1) is 11.3 Å². The molecule has 4 aromatic heterocycles. The molecule has 11 heteroatoms. The molecule has 0 aromatic carbocycles. The first kappa shape index (κ1) is 21.4. The molecule has 4 rings (SSSR count). The topological polar surface area (TPSA) is 116 Å². The number of nitriles is 1. The van der Waals surface area contributed by atoms with Crippen LogP contribution in [0.2, 0.25) is 5.15 Å². The van der Waals surface area contributed by atoms with Gasteiger partial charge in [0.1, 0.15) is 22.9 Å². The van der Waals surface area contributed by atoms with Gasteiger partial charge in [-0.15, -0.1) is 0 Å². The van der Waals surface area contributed by atoms with Gasteiger partial charge in [0, 0.05) is 48.6 Å². The number of halogens is 1. The van der Waals surface area contributed by atoms with Crippen LogP contribution in [0.3, 0.4) is 0 Å². The van der Waals surface area contributed by atoms with Gasteiger partial charge in [0.15, 0.2) is 5.15 Å². The van der Waals surface area contributed by atoms with Gasteiger partial charge in [0.2, 0.25) is 0 Å². The van der Waals surface area contributed by atoms with E-state index < -0.39 is 11.0 Å². The van der Waals surface area contributed by atoms with Crippen molar-refractivity contribution in [2.45, 2.75) is 0 Å². The van der Waals surface area contributed by atoms with Crippen molar-refractivity contribution in [3.8, 4) is 17.2 Å². The van der Waals surface area contributed by atoms with Crippen LogP contribution < -0.4 is 9.62 Å². The Bertz CT molecular complexity index is 1400. The summed E-state index contributed by atoms with van der Waals surface area (Å²) in [5.41, 5.74) is 3.39. The summed E-state index contributed by atoms with van der Waals surface area (Å²) in [5, 5.41) is 13.5. The maximum absolute atomic E-state index is 13.1. The van der Waals surface area contributed by atoms with E-state index >= 15 is 0 Å². The lowest BCUT2D eigenvalue weighted by Gasteiger charge is -2.16. The Morgan fingerprint density at radius 1 is 1.22 bits per heavy atom.